The van der Waals surface area contributed by atoms with E-state index in [2.05, 4.69) is 10.9 Å². The van der Waals surface area contributed by atoms with Gasteiger partial charge in [-0.2, -0.15) is 0 Å². The van der Waals surface area contributed by atoms with E-state index in [0.29, 0.717) is 11.1 Å². The van der Waals surface area contributed by atoms with Crippen molar-refractivity contribution >= 4 is 22.9 Å². The third-order valence-electron chi connectivity index (χ3n) is 2.98. The summed E-state index contributed by atoms with van der Waals surface area (Å²) < 4.78 is 0. The fraction of sp³-hybridized carbons (Fsp3) is 0. The second kappa shape index (κ2) is 4.49. The van der Waals surface area contributed by atoms with E-state index in [-0.39, 0.29) is 17.2 Å². The molecule has 2 bridgehead atoms. The van der Waals surface area contributed by atoms with E-state index in [1.54, 1.807) is 24.3 Å². The van der Waals surface area contributed by atoms with Gasteiger partial charge in [0.05, 0.1) is 11.3 Å². The Morgan fingerprint density at radius 1 is 0.842 bits per heavy atom. The van der Waals surface area contributed by atoms with Crippen LogP contribution in [-0.4, -0.2) is 11.0 Å². The minimum Gasteiger partial charge on any atom is -0.506 e. The van der Waals surface area contributed by atoms with Crippen molar-refractivity contribution in [3.63, 3.8) is 0 Å². The van der Waals surface area contributed by atoms with E-state index in [9.17, 15) is 9.90 Å². The van der Waals surface area contributed by atoms with Crippen molar-refractivity contribution < 1.29 is 9.90 Å². The molecule has 1 amide bonds. The van der Waals surface area contributed by atoms with Gasteiger partial charge in [-0.05, 0) is 17.7 Å². The lowest BCUT2D eigenvalue weighted by molar-refractivity contribution is -0.115. The molecule has 4 nitrogen and oxygen atoms in total. The highest BCUT2D eigenvalue weighted by atomic mass is 16.3. The SMILES string of the molecule is O=C1NNc2cccc(c2)C(O)=C1c1ccccc1. The quantitative estimate of drug-likeness (QED) is 0.731. The molecule has 0 saturated heterocycles. The predicted octanol–water partition coefficient (Wildman–Crippen LogP) is 2.57. The van der Waals surface area contributed by atoms with Gasteiger partial charge >= 0.3 is 0 Å². The summed E-state index contributed by atoms with van der Waals surface area (Å²) >= 11 is 0. The van der Waals surface area contributed by atoms with Crippen molar-refractivity contribution in [3.05, 3.63) is 65.7 Å². The summed E-state index contributed by atoms with van der Waals surface area (Å²) in [5.74, 6) is -0.387. The van der Waals surface area contributed by atoms with E-state index >= 15 is 0 Å². The maximum absolute atomic E-state index is 12.1. The Kier molecular flexibility index (Phi) is 2.68. The molecule has 1 heterocycles. The molecule has 3 rings (SSSR count). The molecule has 0 fully saturated rings. The van der Waals surface area contributed by atoms with Crippen LogP contribution in [0.15, 0.2) is 54.6 Å². The molecule has 4 heteroatoms. The van der Waals surface area contributed by atoms with E-state index in [1.807, 2.05) is 30.3 Å². The molecule has 0 aliphatic carbocycles. The van der Waals surface area contributed by atoms with E-state index in [1.165, 1.54) is 0 Å². The zero-order valence-corrected chi connectivity index (χ0v) is 10.1. The number of hydrogen-bond acceptors (Lipinski definition) is 3. The summed E-state index contributed by atoms with van der Waals surface area (Å²) in [6.07, 6.45) is 0. The first kappa shape index (κ1) is 11.3. The Balaban J connectivity index is 2.22. The molecule has 2 aromatic carbocycles. The third-order valence-corrected chi connectivity index (χ3v) is 2.98. The number of amides is 1. The molecular formula is C15H12N2O2. The number of aliphatic hydroxyl groups excluding tert-OH is 1. The summed E-state index contributed by atoms with van der Waals surface area (Å²) in [7, 11) is 0. The van der Waals surface area contributed by atoms with Gasteiger partial charge in [-0.1, -0.05) is 42.5 Å². The van der Waals surface area contributed by atoms with E-state index < -0.39 is 0 Å². The van der Waals surface area contributed by atoms with Gasteiger partial charge in [0.2, 0.25) is 0 Å². The molecule has 0 radical (unpaired) electrons. The molecule has 0 aromatic heterocycles. The number of rotatable bonds is 1. The van der Waals surface area contributed by atoms with Crippen molar-refractivity contribution in [2.24, 2.45) is 0 Å². The lowest BCUT2D eigenvalue weighted by atomic mass is 9.99. The Bertz CT molecular complexity index is 663. The number of anilines is 1. The first-order valence-corrected chi connectivity index (χ1v) is 5.91. The standard InChI is InChI=1S/C15H12N2O2/c18-14-11-7-4-8-12(9-11)16-17-15(19)13(14)10-5-2-1-3-6-10/h1-9,16,18H,(H,17,19). The van der Waals surface area contributed by atoms with Crippen LogP contribution in [0.3, 0.4) is 0 Å². The first-order chi connectivity index (χ1) is 9.25. The highest BCUT2D eigenvalue weighted by Gasteiger charge is 2.20. The minimum atomic E-state index is -0.365. The van der Waals surface area contributed by atoms with Crippen LogP contribution < -0.4 is 10.9 Å². The van der Waals surface area contributed by atoms with Crippen molar-refractivity contribution in [2.45, 2.75) is 0 Å². The molecule has 94 valence electrons. The Hall–Kier alpha value is -2.75. The largest absolute Gasteiger partial charge is 0.506 e. The second-order valence-electron chi connectivity index (χ2n) is 4.25. The molecular weight excluding hydrogens is 240 g/mol. The van der Waals surface area contributed by atoms with Crippen LogP contribution in [0.1, 0.15) is 11.1 Å². The Labute approximate surface area is 110 Å². The average Bonchev–Trinajstić information content (AvgIpc) is 2.46. The van der Waals surface area contributed by atoms with Gasteiger partial charge in [-0.3, -0.25) is 15.6 Å². The molecule has 3 N–H and O–H groups in total. The molecule has 1 aliphatic rings. The van der Waals surface area contributed by atoms with Crippen LogP contribution in [0.4, 0.5) is 5.69 Å². The number of carbonyl (C=O) groups excluding carboxylic acids is 1. The van der Waals surface area contributed by atoms with Crippen molar-refractivity contribution in [1.82, 2.24) is 5.43 Å². The topological polar surface area (TPSA) is 61.4 Å². The number of aliphatic hydroxyl groups is 1. The van der Waals surface area contributed by atoms with Crippen molar-refractivity contribution in [1.29, 1.82) is 0 Å². The average molecular weight is 252 g/mol. The highest BCUT2D eigenvalue weighted by Crippen LogP contribution is 2.27. The fourth-order valence-electron chi connectivity index (χ4n) is 2.06. The Morgan fingerprint density at radius 2 is 1.58 bits per heavy atom. The summed E-state index contributed by atoms with van der Waals surface area (Å²) in [4.78, 5) is 12.1. The van der Waals surface area contributed by atoms with Gasteiger partial charge in [0.1, 0.15) is 5.76 Å². The van der Waals surface area contributed by atoms with Gasteiger partial charge in [-0.25, -0.2) is 0 Å². The van der Waals surface area contributed by atoms with Gasteiger partial charge in [0, 0.05) is 5.56 Å². The van der Waals surface area contributed by atoms with Crippen molar-refractivity contribution in [3.8, 4) is 0 Å². The number of benzene rings is 2. The lowest BCUT2D eigenvalue weighted by Crippen LogP contribution is -2.31. The van der Waals surface area contributed by atoms with E-state index in [4.69, 9.17) is 0 Å². The number of carbonyl (C=O) groups is 1. The number of nitrogens with one attached hydrogen (secondary N) is 2. The van der Waals surface area contributed by atoms with Crippen LogP contribution in [0, 0.1) is 0 Å². The first-order valence-electron chi connectivity index (χ1n) is 5.91. The molecule has 19 heavy (non-hydrogen) atoms. The van der Waals surface area contributed by atoms with Gasteiger partial charge < -0.3 is 5.11 Å². The number of fused-ring (bicyclic) bond motifs is 2. The maximum atomic E-state index is 12.1. The smallest absolute Gasteiger partial charge is 0.274 e. The van der Waals surface area contributed by atoms with E-state index in [0.717, 1.165) is 5.69 Å². The molecule has 0 spiro atoms. The van der Waals surface area contributed by atoms with Crippen LogP contribution in [-0.2, 0) is 4.79 Å². The molecule has 0 atom stereocenters. The van der Waals surface area contributed by atoms with Gasteiger partial charge in [0.25, 0.3) is 5.91 Å². The zero-order valence-electron chi connectivity index (χ0n) is 10.1. The normalized spacial score (nSPS) is 14.2. The highest BCUT2D eigenvalue weighted by molar-refractivity contribution is 6.26. The Morgan fingerprint density at radius 3 is 2.37 bits per heavy atom. The summed E-state index contributed by atoms with van der Waals surface area (Å²) in [6.45, 7) is 0. The van der Waals surface area contributed by atoms with Crippen LogP contribution in [0.2, 0.25) is 0 Å². The molecule has 2 aromatic rings. The van der Waals surface area contributed by atoms with Crippen LogP contribution in [0.25, 0.3) is 11.3 Å². The third kappa shape index (κ3) is 2.04. The van der Waals surface area contributed by atoms with Crippen LogP contribution >= 0.6 is 0 Å². The minimum absolute atomic E-state index is 0.0212. The molecule has 0 saturated carbocycles. The molecule has 0 unspecified atom stereocenters. The van der Waals surface area contributed by atoms with Crippen molar-refractivity contribution in [2.75, 3.05) is 5.43 Å². The second-order valence-corrected chi connectivity index (χ2v) is 4.25. The summed E-state index contributed by atoms with van der Waals surface area (Å²) in [5.41, 5.74) is 7.64. The summed E-state index contributed by atoms with van der Waals surface area (Å²) in [5, 5.41) is 10.4. The number of hydrogen-bond donors (Lipinski definition) is 3. The monoisotopic (exact) mass is 252 g/mol. The summed E-state index contributed by atoms with van der Waals surface area (Å²) in [6, 6.07) is 16.3. The van der Waals surface area contributed by atoms with Gasteiger partial charge in [-0.15, -0.1) is 0 Å². The number of hydrazine groups is 1. The fourth-order valence-corrected chi connectivity index (χ4v) is 2.06. The van der Waals surface area contributed by atoms with Crippen LogP contribution in [0.5, 0.6) is 0 Å². The predicted molar refractivity (Wildman–Crippen MR) is 74.1 cm³/mol. The zero-order chi connectivity index (χ0) is 13.2. The van der Waals surface area contributed by atoms with Gasteiger partial charge in [0.15, 0.2) is 0 Å². The maximum Gasteiger partial charge on any atom is 0.274 e. The lowest BCUT2D eigenvalue weighted by Gasteiger charge is -2.17. The molecule has 1 aliphatic heterocycles.